The second-order valence-electron chi connectivity index (χ2n) is 4.12. The van der Waals surface area contributed by atoms with Crippen LogP contribution in [-0.4, -0.2) is 14.7 Å². The number of benzene rings is 2. The van der Waals surface area contributed by atoms with Crippen molar-refractivity contribution in [1.29, 1.82) is 0 Å². The van der Waals surface area contributed by atoms with Crippen molar-refractivity contribution in [3.05, 3.63) is 58.8 Å². The summed E-state index contributed by atoms with van der Waals surface area (Å²) in [5.41, 5.74) is 7.34. The van der Waals surface area contributed by atoms with Crippen molar-refractivity contribution < 1.29 is 4.92 Å². The Morgan fingerprint density at radius 2 is 2.00 bits per heavy atom. The van der Waals surface area contributed by atoms with Crippen LogP contribution in [-0.2, 0) is 0 Å². The molecular formula is C13H10N4O2. The second kappa shape index (κ2) is 4.09. The van der Waals surface area contributed by atoms with Crippen LogP contribution in [0.1, 0.15) is 0 Å². The van der Waals surface area contributed by atoms with Crippen LogP contribution in [0.4, 0.5) is 11.4 Å². The Labute approximate surface area is 108 Å². The summed E-state index contributed by atoms with van der Waals surface area (Å²) < 4.78 is 1.70. The lowest BCUT2D eigenvalue weighted by Crippen LogP contribution is -2.00. The lowest BCUT2D eigenvalue weighted by atomic mass is 10.2. The zero-order valence-corrected chi connectivity index (χ0v) is 9.85. The molecule has 94 valence electrons. The van der Waals surface area contributed by atoms with Gasteiger partial charge >= 0.3 is 0 Å². The van der Waals surface area contributed by atoms with Gasteiger partial charge in [0, 0.05) is 11.5 Å². The van der Waals surface area contributed by atoms with E-state index >= 15 is 0 Å². The van der Waals surface area contributed by atoms with Crippen molar-refractivity contribution in [2.24, 2.45) is 0 Å². The molecule has 1 aromatic heterocycles. The van der Waals surface area contributed by atoms with E-state index < -0.39 is 4.92 Å². The number of nitrogens with two attached hydrogens (primary N) is 1. The first-order valence-corrected chi connectivity index (χ1v) is 5.64. The van der Waals surface area contributed by atoms with Crippen molar-refractivity contribution in [2.45, 2.75) is 0 Å². The van der Waals surface area contributed by atoms with E-state index in [0.717, 1.165) is 10.9 Å². The second-order valence-corrected chi connectivity index (χ2v) is 4.12. The van der Waals surface area contributed by atoms with Crippen LogP contribution < -0.4 is 5.73 Å². The first kappa shape index (κ1) is 11.2. The first-order valence-electron chi connectivity index (χ1n) is 5.64. The summed E-state index contributed by atoms with van der Waals surface area (Å²) in [6, 6.07) is 12.3. The summed E-state index contributed by atoms with van der Waals surface area (Å²) in [6.07, 6.45) is 1.74. The molecule has 0 atom stereocenters. The zero-order valence-electron chi connectivity index (χ0n) is 9.85. The van der Waals surface area contributed by atoms with E-state index in [2.05, 4.69) is 5.10 Å². The molecule has 0 spiro atoms. The molecule has 0 fully saturated rings. The largest absolute Gasteiger partial charge is 0.393 e. The highest BCUT2D eigenvalue weighted by Gasteiger charge is 2.13. The third-order valence-electron chi connectivity index (χ3n) is 2.93. The Kier molecular flexibility index (Phi) is 2.42. The Morgan fingerprint density at radius 3 is 2.74 bits per heavy atom. The van der Waals surface area contributed by atoms with Gasteiger partial charge in [-0.3, -0.25) is 10.1 Å². The van der Waals surface area contributed by atoms with Crippen LogP contribution in [0.2, 0.25) is 0 Å². The van der Waals surface area contributed by atoms with Gasteiger partial charge in [-0.2, -0.15) is 5.10 Å². The number of hydrogen-bond acceptors (Lipinski definition) is 4. The molecule has 3 aromatic rings. The Bertz CT molecular complexity index is 779. The molecule has 0 unspecified atom stereocenters. The molecule has 0 saturated heterocycles. The summed E-state index contributed by atoms with van der Waals surface area (Å²) in [6.45, 7) is 0. The van der Waals surface area contributed by atoms with Crippen LogP contribution in [0.25, 0.3) is 16.6 Å². The molecule has 3 rings (SSSR count). The van der Waals surface area contributed by atoms with E-state index in [0.29, 0.717) is 5.69 Å². The minimum absolute atomic E-state index is 0.0970. The summed E-state index contributed by atoms with van der Waals surface area (Å²) in [5.74, 6) is 0. The third kappa shape index (κ3) is 1.79. The average molecular weight is 254 g/mol. The quantitative estimate of drug-likeness (QED) is 0.432. The molecule has 6 nitrogen and oxygen atoms in total. The molecule has 0 saturated carbocycles. The maximum atomic E-state index is 10.7. The van der Waals surface area contributed by atoms with Crippen molar-refractivity contribution in [3.8, 4) is 5.69 Å². The van der Waals surface area contributed by atoms with Crippen molar-refractivity contribution >= 4 is 22.3 Å². The molecule has 0 aliphatic rings. The van der Waals surface area contributed by atoms with Gasteiger partial charge in [0.2, 0.25) is 0 Å². The van der Waals surface area contributed by atoms with Gasteiger partial charge in [-0.05, 0) is 18.2 Å². The van der Waals surface area contributed by atoms with Crippen LogP contribution in [0.3, 0.4) is 0 Å². The normalized spacial score (nSPS) is 10.7. The predicted molar refractivity (Wildman–Crippen MR) is 72.1 cm³/mol. The summed E-state index contributed by atoms with van der Waals surface area (Å²) in [4.78, 5) is 10.2. The third-order valence-corrected chi connectivity index (χ3v) is 2.93. The van der Waals surface area contributed by atoms with Crippen molar-refractivity contribution in [3.63, 3.8) is 0 Å². The lowest BCUT2D eigenvalue weighted by Gasteiger charge is -2.05. The minimum Gasteiger partial charge on any atom is -0.393 e. The summed E-state index contributed by atoms with van der Waals surface area (Å²) >= 11 is 0. The Hall–Kier alpha value is -2.89. The van der Waals surface area contributed by atoms with Gasteiger partial charge in [0.15, 0.2) is 0 Å². The highest BCUT2D eigenvalue weighted by atomic mass is 16.6. The fourth-order valence-electron chi connectivity index (χ4n) is 2.02. The predicted octanol–water partition coefficient (Wildman–Crippen LogP) is 2.52. The van der Waals surface area contributed by atoms with E-state index in [9.17, 15) is 10.1 Å². The molecule has 2 N–H and O–H groups in total. The van der Waals surface area contributed by atoms with Crippen LogP contribution in [0.5, 0.6) is 0 Å². The van der Waals surface area contributed by atoms with Gasteiger partial charge < -0.3 is 5.73 Å². The highest BCUT2D eigenvalue weighted by Crippen LogP contribution is 2.25. The van der Waals surface area contributed by atoms with E-state index in [1.54, 1.807) is 23.0 Å². The number of anilines is 1. The SMILES string of the molecule is Nc1cc(-n2ncc3ccccc32)ccc1[N+](=O)[O-]. The van der Waals surface area contributed by atoms with Gasteiger partial charge in [0.1, 0.15) is 5.69 Å². The molecule has 1 heterocycles. The summed E-state index contributed by atoms with van der Waals surface area (Å²) in [7, 11) is 0. The Balaban J connectivity index is 2.17. The van der Waals surface area contributed by atoms with Gasteiger partial charge in [-0.25, -0.2) is 4.68 Å². The standard InChI is InChI=1S/C13H10N4O2/c14-11-7-10(5-6-13(11)17(18)19)16-12-4-2-1-3-9(12)8-15-16/h1-8H,14H2. The van der Waals surface area contributed by atoms with Crippen LogP contribution in [0.15, 0.2) is 48.7 Å². The van der Waals surface area contributed by atoms with E-state index in [1.807, 2.05) is 24.3 Å². The number of para-hydroxylation sites is 1. The van der Waals surface area contributed by atoms with Crippen LogP contribution >= 0.6 is 0 Å². The summed E-state index contributed by atoms with van der Waals surface area (Å²) in [5, 5.41) is 16.0. The van der Waals surface area contributed by atoms with Crippen molar-refractivity contribution in [1.82, 2.24) is 9.78 Å². The smallest absolute Gasteiger partial charge is 0.292 e. The number of nitro groups is 1. The molecular weight excluding hydrogens is 244 g/mol. The Morgan fingerprint density at radius 1 is 1.21 bits per heavy atom. The maximum Gasteiger partial charge on any atom is 0.292 e. The number of aromatic nitrogens is 2. The fourth-order valence-corrected chi connectivity index (χ4v) is 2.02. The van der Waals surface area contributed by atoms with Crippen LogP contribution in [0, 0.1) is 10.1 Å². The van der Waals surface area contributed by atoms with E-state index in [1.165, 1.54) is 6.07 Å². The van der Waals surface area contributed by atoms with E-state index in [4.69, 9.17) is 5.73 Å². The molecule has 0 radical (unpaired) electrons. The topological polar surface area (TPSA) is 87.0 Å². The fraction of sp³-hybridized carbons (Fsp3) is 0. The lowest BCUT2D eigenvalue weighted by molar-refractivity contribution is -0.383. The molecule has 0 aliphatic carbocycles. The van der Waals surface area contributed by atoms with Gasteiger partial charge in [0.25, 0.3) is 5.69 Å². The maximum absolute atomic E-state index is 10.7. The molecule has 19 heavy (non-hydrogen) atoms. The molecule has 0 bridgehead atoms. The molecule has 0 aliphatic heterocycles. The number of fused-ring (bicyclic) bond motifs is 1. The number of nitrogen functional groups attached to an aromatic ring is 1. The number of rotatable bonds is 2. The number of hydrogen-bond donors (Lipinski definition) is 1. The van der Waals surface area contributed by atoms with Gasteiger partial charge in [0.05, 0.1) is 22.3 Å². The highest BCUT2D eigenvalue weighted by molar-refractivity contribution is 5.80. The van der Waals surface area contributed by atoms with Gasteiger partial charge in [-0.1, -0.05) is 18.2 Å². The molecule has 6 heteroatoms. The van der Waals surface area contributed by atoms with Crippen molar-refractivity contribution in [2.75, 3.05) is 5.73 Å². The first-order chi connectivity index (χ1) is 9.16. The monoisotopic (exact) mass is 254 g/mol. The minimum atomic E-state index is -0.500. The average Bonchev–Trinajstić information content (AvgIpc) is 2.82. The number of nitrogens with zero attached hydrogens (tertiary/aromatic N) is 3. The van der Waals surface area contributed by atoms with E-state index in [-0.39, 0.29) is 11.4 Å². The number of nitro benzene ring substituents is 1. The molecule has 0 amide bonds. The zero-order chi connectivity index (χ0) is 13.4. The van der Waals surface area contributed by atoms with Gasteiger partial charge in [-0.15, -0.1) is 0 Å². The molecule has 2 aromatic carbocycles.